The van der Waals surface area contributed by atoms with E-state index in [2.05, 4.69) is 5.32 Å². The first kappa shape index (κ1) is 17.6. The van der Waals surface area contributed by atoms with Crippen molar-refractivity contribution in [2.75, 3.05) is 6.61 Å². The lowest BCUT2D eigenvalue weighted by Crippen LogP contribution is -2.18. The molecule has 2 aromatic rings. The average molecular weight is 348 g/mol. The number of nitro groups is 1. The minimum Gasteiger partial charge on any atom is -0.478 e. The average Bonchev–Trinajstić information content (AvgIpc) is 3.00. The van der Waals surface area contributed by atoms with E-state index in [1.54, 1.807) is 25.1 Å². The third kappa shape index (κ3) is 4.63. The number of nitrogens with zero attached hydrogens (tertiary/aromatic N) is 1. The maximum absolute atomic E-state index is 12.1. The second-order valence-electron chi connectivity index (χ2n) is 5.12. The minimum atomic E-state index is -0.538. The van der Waals surface area contributed by atoms with Crippen molar-refractivity contribution in [2.45, 2.75) is 20.4 Å². The fourth-order valence-electron chi connectivity index (χ4n) is 1.94. The third-order valence-electron chi connectivity index (χ3n) is 3.12. The van der Waals surface area contributed by atoms with Gasteiger partial charge in [0.25, 0.3) is 0 Å². The van der Waals surface area contributed by atoms with Gasteiger partial charge < -0.3 is 10.1 Å². The molecule has 0 atom stereocenters. The predicted octanol–water partition coefficient (Wildman–Crippen LogP) is 2.86. The van der Waals surface area contributed by atoms with Gasteiger partial charge in [-0.3, -0.25) is 19.7 Å². The maximum Gasteiger partial charge on any atom is 0.311 e. The SMILES string of the molecule is CC(=O)NCc1ccc(C(=O)COc2ccc(C)cc2[N+](=O)[O-])s1. The summed E-state index contributed by atoms with van der Waals surface area (Å²) in [6.07, 6.45) is 0. The van der Waals surface area contributed by atoms with Crippen molar-refractivity contribution in [1.29, 1.82) is 0 Å². The molecule has 2 rings (SSSR count). The number of aryl methyl sites for hydroxylation is 1. The number of Topliss-reactive ketones (excluding diaryl/α,β-unsaturated/α-hetero) is 1. The van der Waals surface area contributed by atoms with E-state index >= 15 is 0 Å². The van der Waals surface area contributed by atoms with Crippen molar-refractivity contribution < 1.29 is 19.2 Å². The lowest BCUT2D eigenvalue weighted by Gasteiger charge is -2.06. The highest BCUT2D eigenvalue weighted by Gasteiger charge is 2.17. The van der Waals surface area contributed by atoms with E-state index in [0.29, 0.717) is 11.4 Å². The van der Waals surface area contributed by atoms with E-state index in [1.165, 1.54) is 30.4 Å². The molecular weight excluding hydrogens is 332 g/mol. The summed E-state index contributed by atoms with van der Waals surface area (Å²) in [5.74, 6) is -0.357. The maximum atomic E-state index is 12.1. The summed E-state index contributed by atoms with van der Waals surface area (Å²) in [5, 5.41) is 13.7. The molecule has 1 heterocycles. The summed E-state index contributed by atoms with van der Waals surface area (Å²) in [6.45, 7) is 3.23. The monoisotopic (exact) mass is 348 g/mol. The Hall–Kier alpha value is -2.74. The molecular formula is C16H16N2O5S. The highest BCUT2D eigenvalue weighted by molar-refractivity contribution is 7.14. The topological polar surface area (TPSA) is 98.5 Å². The Morgan fingerprint density at radius 1 is 1.29 bits per heavy atom. The van der Waals surface area contributed by atoms with E-state index in [-0.39, 0.29) is 29.7 Å². The van der Waals surface area contributed by atoms with Crippen LogP contribution in [0.1, 0.15) is 27.0 Å². The van der Waals surface area contributed by atoms with Gasteiger partial charge in [-0.05, 0) is 30.7 Å². The normalized spacial score (nSPS) is 10.2. The number of ketones is 1. The molecule has 24 heavy (non-hydrogen) atoms. The summed E-state index contributed by atoms with van der Waals surface area (Å²) in [7, 11) is 0. The highest BCUT2D eigenvalue weighted by atomic mass is 32.1. The summed E-state index contributed by atoms with van der Waals surface area (Å²) < 4.78 is 5.32. The van der Waals surface area contributed by atoms with E-state index in [0.717, 1.165) is 10.4 Å². The number of rotatable bonds is 7. The summed E-state index contributed by atoms with van der Waals surface area (Å²) in [6, 6.07) is 7.97. The molecule has 1 amide bonds. The van der Waals surface area contributed by atoms with Crippen LogP contribution in [0.5, 0.6) is 5.75 Å². The quantitative estimate of drug-likeness (QED) is 0.471. The van der Waals surface area contributed by atoms with Crippen LogP contribution in [-0.2, 0) is 11.3 Å². The van der Waals surface area contributed by atoms with Gasteiger partial charge in [-0.1, -0.05) is 6.07 Å². The van der Waals surface area contributed by atoms with Gasteiger partial charge >= 0.3 is 5.69 Å². The molecule has 0 aliphatic heterocycles. The number of hydrogen-bond acceptors (Lipinski definition) is 6. The standard InChI is InChI=1S/C16H16N2O5S/c1-10-3-5-15(13(7-10)18(21)22)23-9-14(20)16-6-4-12(24-16)8-17-11(2)19/h3-7H,8-9H2,1-2H3,(H,17,19). The Bertz CT molecular complexity index is 785. The molecule has 0 aliphatic carbocycles. The Kier molecular flexibility index (Phi) is 5.64. The third-order valence-corrected chi connectivity index (χ3v) is 4.24. The molecule has 0 radical (unpaired) electrons. The number of carbonyl (C=O) groups is 2. The number of carbonyl (C=O) groups excluding carboxylic acids is 2. The number of thiophene rings is 1. The molecule has 0 saturated heterocycles. The van der Waals surface area contributed by atoms with Crippen molar-refractivity contribution in [3.63, 3.8) is 0 Å². The number of amides is 1. The van der Waals surface area contributed by atoms with Crippen LogP contribution < -0.4 is 10.1 Å². The van der Waals surface area contributed by atoms with Gasteiger partial charge in [-0.2, -0.15) is 0 Å². The van der Waals surface area contributed by atoms with E-state index in [4.69, 9.17) is 4.74 Å². The minimum absolute atomic E-state index is 0.0639. The zero-order valence-corrected chi connectivity index (χ0v) is 14.0. The zero-order chi connectivity index (χ0) is 17.7. The van der Waals surface area contributed by atoms with Crippen LogP contribution in [0.4, 0.5) is 5.69 Å². The molecule has 0 bridgehead atoms. The van der Waals surface area contributed by atoms with Crippen LogP contribution in [0, 0.1) is 17.0 Å². The van der Waals surface area contributed by atoms with E-state index in [9.17, 15) is 19.7 Å². The Morgan fingerprint density at radius 2 is 2.04 bits per heavy atom. The molecule has 0 spiro atoms. The summed E-state index contributed by atoms with van der Waals surface area (Å²) >= 11 is 1.25. The van der Waals surface area contributed by atoms with Crippen molar-refractivity contribution in [3.8, 4) is 5.75 Å². The van der Waals surface area contributed by atoms with Gasteiger partial charge in [0.2, 0.25) is 11.7 Å². The van der Waals surface area contributed by atoms with E-state index < -0.39 is 4.92 Å². The summed E-state index contributed by atoms with van der Waals surface area (Å²) in [4.78, 5) is 34.8. The van der Waals surface area contributed by atoms with Crippen LogP contribution in [0.3, 0.4) is 0 Å². The van der Waals surface area contributed by atoms with Crippen molar-refractivity contribution in [3.05, 3.63) is 55.8 Å². The van der Waals surface area contributed by atoms with Crippen LogP contribution in [0.15, 0.2) is 30.3 Å². The highest BCUT2D eigenvalue weighted by Crippen LogP contribution is 2.28. The fourth-order valence-corrected chi connectivity index (χ4v) is 2.81. The molecule has 0 unspecified atom stereocenters. The molecule has 0 fully saturated rings. The van der Waals surface area contributed by atoms with Crippen LogP contribution in [0.2, 0.25) is 0 Å². The summed E-state index contributed by atoms with van der Waals surface area (Å²) in [5.41, 5.74) is 0.571. The van der Waals surface area contributed by atoms with Crippen molar-refractivity contribution in [2.24, 2.45) is 0 Å². The Morgan fingerprint density at radius 3 is 2.71 bits per heavy atom. The second-order valence-corrected chi connectivity index (χ2v) is 6.28. The molecule has 7 nitrogen and oxygen atoms in total. The lowest BCUT2D eigenvalue weighted by molar-refractivity contribution is -0.385. The van der Waals surface area contributed by atoms with E-state index in [1.807, 2.05) is 0 Å². The molecule has 0 aliphatic rings. The van der Waals surface area contributed by atoms with Crippen LogP contribution >= 0.6 is 11.3 Å². The molecule has 126 valence electrons. The van der Waals surface area contributed by atoms with Gasteiger partial charge in [0.05, 0.1) is 16.3 Å². The zero-order valence-electron chi connectivity index (χ0n) is 13.2. The first-order chi connectivity index (χ1) is 11.4. The number of nitro benzene ring substituents is 1. The first-order valence-corrected chi connectivity index (χ1v) is 7.92. The molecule has 8 heteroatoms. The smallest absolute Gasteiger partial charge is 0.311 e. The molecule has 0 saturated carbocycles. The molecule has 1 N–H and O–H groups in total. The second kappa shape index (κ2) is 7.69. The molecule has 1 aromatic carbocycles. The number of nitrogens with one attached hydrogen (secondary N) is 1. The largest absolute Gasteiger partial charge is 0.478 e. The van der Waals surface area contributed by atoms with Gasteiger partial charge in [-0.15, -0.1) is 11.3 Å². The number of benzene rings is 1. The Balaban J connectivity index is 2.01. The van der Waals surface area contributed by atoms with Crippen molar-refractivity contribution >= 4 is 28.7 Å². The number of hydrogen-bond donors (Lipinski definition) is 1. The van der Waals surface area contributed by atoms with Crippen LogP contribution in [0.25, 0.3) is 0 Å². The Labute approximate surface area is 142 Å². The van der Waals surface area contributed by atoms with Gasteiger partial charge in [0, 0.05) is 17.9 Å². The fraction of sp³-hybridized carbons (Fsp3) is 0.250. The lowest BCUT2D eigenvalue weighted by atomic mass is 10.2. The van der Waals surface area contributed by atoms with Gasteiger partial charge in [0.1, 0.15) is 0 Å². The predicted molar refractivity (Wildman–Crippen MR) is 89.5 cm³/mol. The first-order valence-electron chi connectivity index (χ1n) is 7.11. The van der Waals surface area contributed by atoms with Gasteiger partial charge in [0.15, 0.2) is 12.4 Å². The van der Waals surface area contributed by atoms with Crippen molar-refractivity contribution in [1.82, 2.24) is 5.32 Å². The van der Waals surface area contributed by atoms with Crippen LogP contribution in [-0.4, -0.2) is 23.2 Å². The van der Waals surface area contributed by atoms with Gasteiger partial charge in [-0.25, -0.2) is 0 Å². The number of ether oxygens (including phenoxy) is 1. The molecule has 1 aromatic heterocycles.